The third-order valence-electron chi connectivity index (χ3n) is 3.78. The number of nitrogens with one attached hydrogen (secondary N) is 1. The Balaban J connectivity index is 2.05. The molecule has 3 rings (SSSR count). The van der Waals surface area contributed by atoms with Crippen molar-refractivity contribution in [3.63, 3.8) is 0 Å². The fraction of sp³-hybridized carbons (Fsp3) is 0.118. The molecule has 1 unspecified atom stereocenters. The van der Waals surface area contributed by atoms with Crippen LogP contribution >= 0.6 is 11.6 Å². The lowest BCUT2D eigenvalue weighted by Crippen LogP contribution is -2.31. The van der Waals surface area contributed by atoms with Crippen LogP contribution in [0.15, 0.2) is 59.8 Å². The molecule has 0 bridgehead atoms. The van der Waals surface area contributed by atoms with Gasteiger partial charge >= 0.3 is 0 Å². The van der Waals surface area contributed by atoms with Crippen LogP contribution < -0.4 is 4.72 Å². The molecule has 1 aromatic heterocycles. The number of benzene rings is 2. The van der Waals surface area contributed by atoms with Gasteiger partial charge in [-0.3, -0.25) is 0 Å². The summed E-state index contributed by atoms with van der Waals surface area (Å²) in [6.07, 6.45) is 3.18. The lowest BCUT2D eigenvalue weighted by Gasteiger charge is -2.19. The number of aryl methyl sites for hydroxylation is 1. The van der Waals surface area contributed by atoms with Crippen molar-refractivity contribution in [3.8, 4) is 0 Å². The van der Waals surface area contributed by atoms with E-state index in [4.69, 9.17) is 11.6 Å². The normalized spacial score (nSPS) is 12.9. The summed E-state index contributed by atoms with van der Waals surface area (Å²) in [7, 11) is -2.40. The molecule has 0 saturated carbocycles. The van der Waals surface area contributed by atoms with Gasteiger partial charge in [-0.05, 0) is 35.9 Å². The second kappa shape index (κ2) is 7.14. The maximum atomic E-state index is 13.3. The molecule has 0 fully saturated rings. The first-order valence-electron chi connectivity index (χ1n) is 7.48. The Hall–Kier alpha value is -2.29. The number of aromatic nitrogens is 2. The largest absolute Gasteiger partial charge is 0.336 e. The molecule has 0 saturated heterocycles. The summed E-state index contributed by atoms with van der Waals surface area (Å²) >= 11 is 5.89. The van der Waals surface area contributed by atoms with E-state index < -0.39 is 27.7 Å². The van der Waals surface area contributed by atoms with Crippen LogP contribution in [-0.2, 0) is 17.1 Å². The molecule has 0 aliphatic heterocycles. The van der Waals surface area contributed by atoms with E-state index in [1.165, 1.54) is 30.5 Å². The van der Waals surface area contributed by atoms with Crippen molar-refractivity contribution < 1.29 is 17.2 Å². The fourth-order valence-electron chi connectivity index (χ4n) is 2.49. The first-order valence-corrected chi connectivity index (χ1v) is 9.34. The Morgan fingerprint density at radius 1 is 1.12 bits per heavy atom. The topological polar surface area (TPSA) is 64.0 Å². The molecule has 5 nitrogen and oxygen atoms in total. The van der Waals surface area contributed by atoms with Crippen molar-refractivity contribution in [1.82, 2.24) is 14.3 Å². The lowest BCUT2D eigenvalue weighted by molar-refractivity contribution is 0.561. The molecule has 0 aliphatic carbocycles. The highest BCUT2D eigenvalue weighted by molar-refractivity contribution is 7.89. The molecular weight excluding hydrogens is 384 g/mol. The van der Waals surface area contributed by atoms with Crippen molar-refractivity contribution in [1.29, 1.82) is 0 Å². The zero-order valence-corrected chi connectivity index (χ0v) is 15.1. The quantitative estimate of drug-likeness (QED) is 0.717. The molecule has 0 amide bonds. The minimum Gasteiger partial charge on any atom is -0.336 e. The van der Waals surface area contributed by atoms with E-state index in [0.717, 1.165) is 18.2 Å². The van der Waals surface area contributed by atoms with Gasteiger partial charge in [-0.15, -0.1) is 0 Å². The molecule has 3 aromatic rings. The van der Waals surface area contributed by atoms with Gasteiger partial charge < -0.3 is 4.57 Å². The molecule has 9 heteroatoms. The maximum absolute atomic E-state index is 13.3. The van der Waals surface area contributed by atoms with Crippen LogP contribution in [0.2, 0.25) is 5.02 Å². The van der Waals surface area contributed by atoms with E-state index in [-0.39, 0.29) is 9.92 Å². The Labute approximate surface area is 154 Å². The van der Waals surface area contributed by atoms with E-state index in [1.807, 2.05) is 0 Å². The van der Waals surface area contributed by atoms with Gasteiger partial charge in [0.05, 0.1) is 5.02 Å². The molecule has 26 heavy (non-hydrogen) atoms. The molecule has 0 spiro atoms. The zero-order valence-electron chi connectivity index (χ0n) is 13.5. The van der Waals surface area contributed by atoms with Gasteiger partial charge in [-0.2, -0.15) is 4.72 Å². The molecule has 1 atom stereocenters. The van der Waals surface area contributed by atoms with Crippen molar-refractivity contribution in [2.24, 2.45) is 7.05 Å². The highest BCUT2D eigenvalue weighted by Gasteiger charge is 2.27. The highest BCUT2D eigenvalue weighted by Crippen LogP contribution is 2.27. The van der Waals surface area contributed by atoms with Gasteiger partial charge in [0.15, 0.2) is 0 Å². The molecular formula is C17H14ClF2N3O2S. The minimum atomic E-state index is -4.10. The number of imidazole rings is 1. The standard InChI is InChI=1S/C17H14ClF2N3O2S/c1-23-9-8-21-17(23)16(11-2-4-12(19)5-3-11)22-26(24,25)15-7-6-13(20)10-14(15)18/h2-10,16,22H,1H3. The molecule has 1 heterocycles. The average Bonchev–Trinajstić information content (AvgIpc) is 2.99. The zero-order chi connectivity index (χ0) is 18.9. The van der Waals surface area contributed by atoms with Gasteiger partial charge in [0, 0.05) is 19.4 Å². The summed E-state index contributed by atoms with van der Waals surface area (Å²) in [5, 5.41) is -0.241. The summed E-state index contributed by atoms with van der Waals surface area (Å²) in [5.41, 5.74) is 0.488. The molecule has 136 valence electrons. The Kier molecular flexibility index (Phi) is 5.08. The van der Waals surface area contributed by atoms with Crippen LogP contribution in [0.3, 0.4) is 0 Å². The SMILES string of the molecule is Cn1ccnc1C(NS(=O)(=O)c1ccc(F)cc1Cl)c1ccc(F)cc1. The van der Waals surface area contributed by atoms with E-state index >= 15 is 0 Å². The number of nitrogens with zero attached hydrogens (tertiary/aromatic N) is 2. The first-order chi connectivity index (χ1) is 12.3. The van der Waals surface area contributed by atoms with Gasteiger partial charge in [0.1, 0.15) is 28.4 Å². The smallest absolute Gasteiger partial charge is 0.243 e. The molecule has 0 radical (unpaired) electrons. The summed E-state index contributed by atoms with van der Waals surface area (Å²) < 4.78 is 56.2. The van der Waals surface area contributed by atoms with Crippen LogP contribution in [-0.4, -0.2) is 18.0 Å². The van der Waals surface area contributed by atoms with E-state index in [0.29, 0.717) is 11.4 Å². The third kappa shape index (κ3) is 3.77. The molecule has 1 N–H and O–H groups in total. The van der Waals surface area contributed by atoms with Crippen LogP contribution in [0.1, 0.15) is 17.4 Å². The van der Waals surface area contributed by atoms with E-state index in [9.17, 15) is 17.2 Å². The van der Waals surface area contributed by atoms with Crippen LogP contribution in [0.25, 0.3) is 0 Å². The fourth-order valence-corrected chi connectivity index (χ4v) is 4.21. The average molecular weight is 398 g/mol. The number of hydrogen-bond donors (Lipinski definition) is 1. The summed E-state index contributed by atoms with van der Waals surface area (Å²) in [4.78, 5) is 3.92. The predicted molar refractivity (Wildman–Crippen MR) is 93.2 cm³/mol. The van der Waals surface area contributed by atoms with Crippen LogP contribution in [0.5, 0.6) is 0 Å². The van der Waals surface area contributed by atoms with Crippen molar-refractivity contribution >= 4 is 21.6 Å². The minimum absolute atomic E-state index is 0.241. The number of halogens is 3. The van der Waals surface area contributed by atoms with Crippen LogP contribution in [0, 0.1) is 11.6 Å². The molecule has 0 aliphatic rings. The number of hydrogen-bond acceptors (Lipinski definition) is 3. The van der Waals surface area contributed by atoms with Gasteiger partial charge in [0.25, 0.3) is 0 Å². The van der Waals surface area contributed by atoms with Gasteiger partial charge in [0.2, 0.25) is 10.0 Å². The number of rotatable bonds is 5. The summed E-state index contributed by atoms with van der Waals surface area (Å²) in [5.74, 6) is -0.691. The Morgan fingerprint density at radius 3 is 2.35 bits per heavy atom. The second-order valence-electron chi connectivity index (χ2n) is 5.58. The van der Waals surface area contributed by atoms with Gasteiger partial charge in [-0.25, -0.2) is 22.2 Å². The van der Waals surface area contributed by atoms with Crippen molar-refractivity contribution in [2.45, 2.75) is 10.9 Å². The van der Waals surface area contributed by atoms with Crippen molar-refractivity contribution in [2.75, 3.05) is 0 Å². The lowest BCUT2D eigenvalue weighted by atomic mass is 10.1. The van der Waals surface area contributed by atoms with E-state index in [1.54, 1.807) is 17.8 Å². The maximum Gasteiger partial charge on any atom is 0.243 e. The Morgan fingerprint density at radius 2 is 1.77 bits per heavy atom. The first kappa shape index (κ1) is 18.5. The summed E-state index contributed by atoms with van der Waals surface area (Å²) in [6.45, 7) is 0. The van der Waals surface area contributed by atoms with Gasteiger partial charge in [-0.1, -0.05) is 23.7 Å². The predicted octanol–water partition coefficient (Wildman–Crippen LogP) is 3.42. The monoisotopic (exact) mass is 397 g/mol. The number of sulfonamides is 1. The van der Waals surface area contributed by atoms with Crippen LogP contribution in [0.4, 0.5) is 8.78 Å². The second-order valence-corrected chi connectivity index (χ2v) is 7.67. The summed E-state index contributed by atoms with van der Waals surface area (Å²) in [6, 6.07) is 7.50. The third-order valence-corrected chi connectivity index (χ3v) is 5.68. The van der Waals surface area contributed by atoms with E-state index in [2.05, 4.69) is 9.71 Å². The molecule has 2 aromatic carbocycles. The van der Waals surface area contributed by atoms with Crippen molar-refractivity contribution in [3.05, 3.63) is 82.9 Å². The highest BCUT2D eigenvalue weighted by atomic mass is 35.5. The Bertz CT molecular complexity index is 1040.